The first-order valence-electron chi connectivity index (χ1n) is 4.28. The maximum Gasteiger partial charge on any atom is 0.236 e. The number of ketones is 1. The SMILES string of the molecule is Cc1nccnc1N1CC(=O)CC1=O. The van der Waals surface area contributed by atoms with Gasteiger partial charge in [-0.3, -0.25) is 19.5 Å². The number of Topliss-reactive ketones (excluding diaryl/α,β-unsaturated/α-hetero) is 1. The molecule has 0 aromatic carbocycles. The van der Waals surface area contributed by atoms with Gasteiger partial charge in [0, 0.05) is 12.4 Å². The van der Waals surface area contributed by atoms with Crippen LogP contribution in [0.2, 0.25) is 0 Å². The Bertz CT molecular complexity index is 403. The second-order valence-electron chi connectivity index (χ2n) is 3.16. The van der Waals surface area contributed by atoms with Crippen LogP contribution in [0.15, 0.2) is 12.4 Å². The van der Waals surface area contributed by atoms with Gasteiger partial charge in [-0.15, -0.1) is 0 Å². The van der Waals surface area contributed by atoms with E-state index in [0.29, 0.717) is 11.5 Å². The molecule has 0 spiro atoms. The molecule has 0 atom stereocenters. The molecule has 1 amide bonds. The topological polar surface area (TPSA) is 63.2 Å². The quantitative estimate of drug-likeness (QED) is 0.590. The van der Waals surface area contributed by atoms with Gasteiger partial charge in [-0.2, -0.15) is 0 Å². The summed E-state index contributed by atoms with van der Waals surface area (Å²) in [5.74, 6) is 0.224. The fourth-order valence-corrected chi connectivity index (χ4v) is 1.44. The third-order valence-electron chi connectivity index (χ3n) is 2.09. The van der Waals surface area contributed by atoms with Gasteiger partial charge in [0.05, 0.1) is 18.7 Å². The van der Waals surface area contributed by atoms with Gasteiger partial charge in [0.25, 0.3) is 0 Å². The molecule has 1 aliphatic heterocycles. The van der Waals surface area contributed by atoms with Gasteiger partial charge in [0.1, 0.15) is 0 Å². The summed E-state index contributed by atoms with van der Waals surface area (Å²) in [5.41, 5.74) is 0.663. The molecule has 0 unspecified atom stereocenters. The molecule has 0 saturated carbocycles. The highest BCUT2D eigenvalue weighted by Gasteiger charge is 2.30. The minimum Gasteiger partial charge on any atom is -0.297 e. The zero-order valence-electron chi connectivity index (χ0n) is 7.73. The van der Waals surface area contributed by atoms with Crippen molar-refractivity contribution in [3.8, 4) is 0 Å². The number of carbonyl (C=O) groups excluding carboxylic acids is 2. The molecular weight excluding hydrogens is 182 g/mol. The van der Waals surface area contributed by atoms with Crippen LogP contribution in [0.1, 0.15) is 12.1 Å². The van der Waals surface area contributed by atoms with E-state index >= 15 is 0 Å². The molecule has 1 fully saturated rings. The molecule has 1 aromatic rings. The molecule has 1 aliphatic rings. The Labute approximate surface area is 80.8 Å². The van der Waals surface area contributed by atoms with Gasteiger partial charge < -0.3 is 0 Å². The van der Waals surface area contributed by atoms with Crippen molar-refractivity contribution in [1.29, 1.82) is 0 Å². The average Bonchev–Trinajstić information content (AvgIpc) is 2.46. The molecule has 0 radical (unpaired) electrons. The van der Waals surface area contributed by atoms with Gasteiger partial charge >= 0.3 is 0 Å². The Hall–Kier alpha value is -1.78. The van der Waals surface area contributed by atoms with E-state index in [1.807, 2.05) is 0 Å². The first-order chi connectivity index (χ1) is 6.68. The first kappa shape index (κ1) is 8.80. The van der Waals surface area contributed by atoms with Gasteiger partial charge in [-0.05, 0) is 6.92 Å². The largest absolute Gasteiger partial charge is 0.297 e. The second kappa shape index (κ2) is 3.17. The molecule has 5 nitrogen and oxygen atoms in total. The van der Waals surface area contributed by atoms with Crippen molar-refractivity contribution in [2.24, 2.45) is 0 Å². The number of aromatic nitrogens is 2. The summed E-state index contributed by atoms with van der Waals surface area (Å²) >= 11 is 0. The Morgan fingerprint density at radius 2 is 2.00 bits per heavy atom. The fourth-order valence-electron chi connectivity index (χ4n) is 1.44. The maximum atomic E-state index is 11.4. The summed E-state index contributed by atoms with van der Waals surface area (Å²) in [6.45, 7) is 1.89. The van der Waals surface area contributed by atoms with Crippen LogP contribution in [-0.4, -0.2) is 28.2 Å². The van der Waals surface area contributed by atoms with E-state index in [-0.39, 0.29) is 24.7 Å². The molecule has 1 aromatic heterocycles. The lowest BCUT2D eigenvalue weighted by Gasteiger charge is -2.14. The summed E-state index contributed by atoms with van der Waals surface area (Å²) in [6, 6.07) is 0. The summed E-state index contributed by atoms with van der Waals surface area (Å²) in [6.07, 6.45) is 3.05. The summed E-state index contributed by atoms with van der Waals surface area (Å²) in [5, 5.41) is 0. The van der Waals surface area contributed by atoms with Crippen LogP contribution in [0.5, 0.6) is 0 Å². The second-order valence-corrected chi connectivity index (χ2v) is 3.16. The average molecular weight is 191 g/mol. The lowest BCUT2D eigenvalue weighted by Crippen LogP contribution is -2.26. The van der Waals surface area contributed by atoms with Crippen LogP contribution in [0.25, 0.3) is 0 Å². The Morgan fingerprint density at radius 3 is 2.57 bits per heavy atom. The predicted octanol–water partition coefficient (Wildman–Crippen LogP) is 0.0908. The molecular formula is C9H9N3O2. The van der Waals surface area contributed by atoms with Crippen LogP contribution in [0.4, 0.5) is 5.82 Å². The van der Waals surface area contributed by atoms with Gasteiger partial charge in [-0.25, -0.2) is 4.98 Å². The van der Waals surface area contributed by atoms with Crippen LogP contribution >= 0.6 is 0 Å². The normalized spacial score (nSPS) is 16.5. The van der Waals surface area contributed by atoms with E-state index in [9.17, 15) is 9.59 Å². The van der Waals surface area contributed by atoms with Crippen molar-refractivity contribution in [3.63, 3.8) is 0 Å². The smallest absolute Gasteiger partial charge is 0.236 e. The highest BCUT2D eigenvalue weighted by Crippen LogP contribution is 2.18. The molecule has 0 aliphatic carbocycles. The minimum absolute atomic E-state index is 0.0178. The minimum atomic E-state index is -0.196. The number of nitrogens with zero attached hydrogens (tertiary/aromatic N) is 3. The number of aryl methyl sites for hydroxylation is 1. The zero-order chi connectivity index (χ0) is 10.1. The molecule has 1 saturated heterocycles. The lowest BCUT2D eigenvalue weighted by molar-refractivity contribution is -0.121. The number of amides is 1. The van der Waals surface area contributed by atoms with E-state index in [2.05, 4.69) is 9.97 Å². The van der Waals surface area contributed by atoms with Crippen LogP contribution < -0.4 is 4.90 Å². The lowest BCUT2D eigenvalue weighted by atomic mass is 10.3. The maximum absolute atomic E-state index is 11.4. The molecule has 0 N–H and O–H groups in total. The molecule has 2 heterocycles. The molecule has 5 heteroatoms. The molecule has 2 rings (SSSR count). The summed E-state index contributed by atoms with van der Waals surface area (Å²) < 4.78 is 0. The number of rotatable bonds is 1. The Balaban J connectivity index is 2.36. The molecule has 14 heavy (non-hydrogen) atoms. The van der Waals surface area contributed by atoms with Gasteiger partial charge in [-0.1, -0.05) is 0 Å². The van der Waals surface area contributed by atoms with E-state index in [1.165, 1.54) is 11.1 Å². The van der Waals surface area contributed by atoms with Crippen molar-refractivity contribution in [3.05, 3.63) is 18.1 Å². The van der Waals surface area contributed by atoms with Crippen LogP contribution in [0, 0.1) is 6.92 Å². The van der Waals surface area contributed by atoms with E-state index in [4.69, 9.17) is 0 Å². The number of hydrogen-bond acceptors (Lipinski definition) is 4. The van der Waals surface area contributed by atoms with Crippen molar-refractivity contribution in [1.82, 2.24) is 9.97 Å². The third kappa shape index (κ3) is 1.37. The van der Waals surface area contributed by atoms with E-state index in [0.717, 1.165) is 0 Å². The van der Waals surface area contributed by atoms with Crippen molar-refractivity contribution >= 4 is 17.5 Å². The first-order valence-corrected chi connectivity index (χ1v) is 4.28. The van der Waals surface area contributed by atoms with Crippen LogP contribution in [0.3, 0.4) is 0 Å². The highest BCUT2D eigenvalue weighted by atomic mass is 16.2. The summed E-state index contributed by atoms with van der Waals surface area (Å²) in [4.78, 5) is 31.8. The number of anilines is 1. The van der Waals surface area contributed by atoms with Crippen LogP contribution in [-0.2, 0) is 9.59 Å². The van der Waals surface area contributed by atoms with Crippen molar-refractivity contribution in [2.75, 3.05) is 11.4 Å². The van der Waals surface area contributed by atoms with E-state index < -0.39 is 0 Å². The fraction of sp³-hybridized carbons (Fsp3) is 0.333. The Morgan fingerprint density at radius 1 is 1.29 bits per heavy atom. The third-order valence-corrected chi connectivity index (χ3v) is 2.09. The molecule has 0 bridgehead atoms. The summed E-state index contributed by atoms with van der Waals surface area (Å²) in [7, 11) is 0. The van der Waals surface area contributed by atoms with Gasteiger partial charge in [0.2, 0.25) is 5.91 Å². The predicted molar refractivity (Wildman–Crippen MR) is 48.7 cm³/mol. The molecule has 72 valence electrons. The zero-order valence-corrected chi connectivity index (χ0v) is 7.73. The number of carbonyl (C=O) groups is 2. The van der Waals surface area contributed by atoms with Gasteiger partial charge in [0.15, 0.2) is 11.6 Å². The number of hydrogen-bond donors (Lipinski definition) is 0. The van der Waals surface area contributed by atoms with Crippen molar-refractivity contribution < 1.29 is 9.59 Å². The Kier molecular flexibility index (Phi) is 1.99. The highest BCUT2D eigenvalue weighted by molar-refractivity contribution is 6.14. The monoisotopic (exact) mass is 191 g/mol. The van der Waals surface area contributed by atoms with E-state index in [1.54, 1.807) is 13.1 Å². The standard InChI is InChI=1S/C9H9N3O2/c1-6-9(11-3-2-10-6)12-5-7(13)4-8(12)14/h2-3H,4-5H2,1H3. The van der Waals surface area contributed by atoms with Crippen molar-refractivity contribution in [2.45, 2.75) is 13.3 Å².